The molecule has 0 saturated carbocycles. The van der Waals surface area contributed by atoms with Crippen molar-refractivity contribution in [2.75, 3.05) is 0 Å². The maximum Gasteiger partial charge on any atom is -0.0213 e. The van der Waals surface area contributed by atoms with Gasteiger partial charge in [-0.3, -0.25) is 0 Å². The van der Waals surface area contributed by atoms with Gasteiger partial charge in [-0.15, -0.1) is 0 Å². The van der Waals surface area contributed by atoms with E-state index in [4.69, 9.17) is 0 Å². The van der Waals surface area contributed by atoms with Crippen molar-refractivity contribution in [3.63, 3.8) is 0 Å². The van der Waals surface area contributed by atoms with Crippen molar-refractivity contribution in [1.29, 1.82) is 0 Å². The maximum atomic E-state index is 2.29. The molecule has 0 amide bonds. The fourth-order valence-corrected chi connectivity index (χ4v) is 2.15. The van der Waals surface area contributed by atoms with E-state index in [0.717, 1.165) is 6.42 Å². The van der Waals surface area contributed by atoms with Gasteiger partial charge >= 0.3 is 0 Å². The number of hydrogen-bond acceptors (Lipinski definition) is 0. The average Bonchev–Trinajstić information content (AvgIpc) is 2.16. The summed E-state index contributed by atoms with van der Waals surface area (Å²) >= 11 is 0. The van der Waals surface area contributed by atoms with Crippen molar-refractivity contribution < 1.29 is 0 Å². The molecule has 0 aliphatic rings. The first-order valence-electron chi connectivity index (χ1n) is 5.69. The van der Waals surface area contributed by atoms with Gasteiger partial charge in [0.25, 0.3) is 0 Å². The van der Waals surface area contributed by atoms with Crippen molar-refractivity contribution >= 4 is 0 Å². The molecule has 1 rings (SSSR count). The zero-order valence-electron chi connectivity index (χ0n) is 10.1. The number of hydrogen-bond donors (Lipinski definition) is 0. The molecule has 0 unspecified atom stereocenters. The highest BCUT2D eigenvalue weighted by Gasteiger charge is 2.12. The molecule has 1 aromatic rings. The molecule has 0 atom stereocenters. The Kier molecular flexibility index (Phi) is 3.74. The van der Waals surface area contributed by atoms with Gasteiger partial charge in [0.15, 0.2) is 0 Å². The van der Waals surface area contributed by atoms with Crippen LogP contribution in [-0.2, 0) is 6.42 Å². The van der Waals surface area contributed by atoms with Gasteiger partial charge in [0.2, 0.25) is 0 Å². The molecular formula is C14H22. The Morgan fingerprint density at radius 2 is 1.64 bits per heavy atom. The molecule has 0 heteroatoms. The molecule has 0 radical (unpaired) electrons. The highest BCUT2D eigenvalue weighted by atomic mass is 14.2. The second kappa shape index (κ2) is 4.63. The van der Waals surface area contributed by atoms with E-state index in [9.17, 15) is 0 Å². The summed E-state index contributed by atoms with van der Waals surface area (Å²) in [6.45, 7) is 11.4. The first-order chi connectivity index (χ1) is 6.57. The van der Waals surface area contributed by atoms with E-state index in [-0.39, 0.29) is 0 Å². The van der Waals surface area contributed by atoms with E-state index in [2.05, 4.69) is 52.8 Å². The van der Waals surface area contributed by atoms with Crippen LogP contribution < -0.4 is 0 Å². The smallest absolute Gasteiger partial charge is 0.0213 e. The monoisotopic (exact) mass is 190 g/mol. The molecule has 0 saturated heterocycles. The lowest BCUT2D eigenvalue weighted by Gasteiger charge is -2.19. The highest BCUT2D eigenvalue weighted by molar-refractivity contribution is 5.39. The van der Waals surface area contributed by atoms with Crippen LogP contribution >= 0.6 is 0 Å². The van der Waals surface area contributed by atoms with Crippen molar-refractivity contribution in [3.8, 4) is 0 Å². The third-order valence-electron chi connectivity index (χ3n) is 2.81. The largest absolute Gasteiger partial charge is 0.0617 e. The number of rotatable bonds is 3. The van der Waals surface area contributed by atoms with Gasteiger partial charge in [-0.1, -0.05) is 52.8 Å². The topological polar surface area (TPSA) is 0 Å². The Balaban J connectivity index is 3.28. The van der Waals surface area contributed by atoms with Crippen LogP contribution in [0.3, 0.4) is 0 Å². The van der Waals surface area contributed by atoms with Crippen LogP contribution in [-0.4, -0.2) is 0 Å². The van der Waals surface area contributed by atoms with Gasteiger partial charge in [-0.05, 0) is 34.9 Å². The summed E-state index contributed by atoms with van der Waals surface area (Å²) in [6.07, 6.45) is 1.15. The average molecular weight is 190 g/mol. The van der Waals surface area contributed by atoms with Crippen LogP contribution in [0.5, 0.6) is 0 Å². The third-order valence-corrected chi connectivity index (χ3v) is 2.81. The minimum absolute atomic E-state index is 0.638. The quantitative estimate of drug-likeness (QED) is 0.658. The standard InChI is InChI=1S/C14H22/c1-6-12-8-7-9-13(10(2)3)14(12)11(4)5/h7-11H,6H2,1-5H3. The van der Waals surface area contributed by atoms with E-state index >= 15 is 0 Å². The van der Waals surface area contributed by atoms with Crippen molar-refractivity contribution in [3.05, 3.63) is 34.9 Å². The second-order valence-corrected chi connectivity index (χ2v) is 4.58. The van der Waals surface area contributed by atoms with E-state index in [1.54, 1.807) is 5.56 Å². The van der Waals surface area contributed by atoms with E-state index < -0.39 is 0 Å². The van der Waals surface area contributed by atoms with Crippen LogP contribution in [0, 0.1) is 0 Å². The Hall–Kier alpha value is -0.780. The Labute approximate surface area is 88.4 Å². The molecule has 0 spiro atoms. The van der Waals surface area contributed by atoms with Gasteiger partial charge in [-0.25, -0.2) is 0 Å². The van der Waals surface area contributed by atoms with Crippen LogP contribution in [0.25, 0.3) is 0 Å². The van der Waals surface area contributed by atoms with Crippen molar-refractivity contribution in [1.82, 2.24) is 0 Å². The second-order valence-electron chi connectivity index (χ2n) is 4.58. The zero-order valence-corrected chi connectivity index (χ0v) is 10.1. The molecule has 0 aromatic heterocycles. The van der Waals surface area contributed by atoms with E-state index in [1.165, 1.54) is 11.1 Å². The first-order valence-corrected chi connectivity index (χ1v) is 5.69. The number of aryl methyl sites for hydroxylation is 1. The molecular weight excluding hydrogens is 168 g/mol. The molecule has 1 aromatic carbocycles. The first kappa shape index (κ1) is 11.3. The maximum absolute atomic E-state index is 2.29. The van der Waals surface area contributed by atoms with Gasteiger partial charge in [0.1, 0.15) is 0 Å². The summed E-state index contributed by atoms with van der Waals surface area (Å²) in [7, 11) is 0. The summed E-state index contributed by atoms with van der Waals surface area (Å²) in [5.41, 5.74) is 4.62. The molecule has 0 aliphatic heterocycles. The van der Waals surface area contributed by atoms with E-state index in [0.29, 0.717) is 11.8 Å². The molecule has 0 bridgehead atoms. The summed E-state index contributed by atoms with van der Waals surface area (Å²) in [4.78, 5) is 0. The molecule has 14 heavy (non-hydrogen) atoms. The molecule has 0 aliphatic carbocycles. The fourth-order valence-electron chi connectivity index (χ4n) is 2.15. The SMILES string of the molecule is CCc1cccc(C(C)C)c1C(C)C. The molecule has 0 nitrogen and oxygen atoms in total. The van der Waals surface area contributed by atoms with Gasteiger partial charge < -0.3 is 0 Å². The van der Waals surface area contributed by atoms with Crippen LogP contribution in [0.4, 0.5) is 0 Å². The lowest BCUT2D eigenvalue weighted by molar-refractivity contribution is 0.776. The van der Waals surface area contributed by atoms with E-state index in [1.807, 2.05) is 0 Å². The summed E-state index contributed by atoms with van der Waals surface area (Å²) in [5, 5.41) is 0. The summed E-state index contributed by atoms with van der Waals surface area (Å²) in [6, 6.07) is 6.74. The Morgan fingerprint density at radius 1 is 1.00 bits per heavy atom. The predicted molar refractivity (Wildman–Crippen MR) is 64.0 cm³/mol. The Bertz CT molecular complexity index is 295. The predicted octanol–water partition coefficient (Wildman–Crippen LogP) is 4.50. The summed E-state index contributed by atoms with van der Waals surface area (Å²) in [5.74, 6) is 1.28. The summed E-state index contributed by atoms with van der Waals surface area (Å²) < 4.78 is 0. The normalized spacial score (nSPS) is 11.4. The molecule has 78 valence electrons. The van der Waals surface area contributed by atoms with Gasteiger partial charge in [0, 0.05) is 0 Å². The van der Waals surface area contributed by atoms with Crippen LogP contribution in [0.2, 0.25) is 0 Å². The lowest BCUT2D eigenvalue weighted by atomic mass is 9.86. The van der Waals surface area contributed by atoms with Gasteiger partial charge in [0.05, 0.1) is 0 Å². The lowest BCUT2D eigenvalue weighted by Crippen LogP contribution is -2.02. The van der Waals surface area contributed by atoms with Crippen molar-refractivity contribution in [2.24, 2.45) is 0 Å². The van der Waals surface area contributed by atoms with Crippen LogP contribution in [0.1, 0.15) is 63.1 Å². The molecule has 0 heterocycles. The van der Waals surface area contributed by atoms with Crippen LogP contribution in [0.15, 0.2) is 18.2 Å². The third kappa shape index (κ3) is 2.17. The minimum Gasteiger partial charge on any atom is -0.0617 e. The van der Waals surface area contributed by atoms with Gasteiger partial charge in [-0.2, -0.15) is 0 Å². The highest BCUT2D eigenvalue weighted by Crippen LogP contribution is 2.29. The molecule has 0 fully saturated rings. The zero-order chi connectivity index (χ0) is 10.7. The fraction of sp³-hybridized carbons (Fsp3) is 0.571. The Morgan fingerprint density at radius 3 is 2.07 bits per heavy atom. The van der Waals surface area contributed by atoms with Crippen molar-refractivity contribution in [2.45, 2.75) is 52.9 Å². The minimum atomic E-state index is 0.638. The number of benzene rings is 1. The molecule has 0 N–H and O–H groups in total.